The van der Waals surface area contributed by atoms with E-state index < -0.39 is 0 Å². The van der Waals surface area contributed by atoms with Crippen LogP contribution in [0.2, 0.25) is 0 Å². The van der Waals surface area contributed by atoms with Crippen LogP contribution in [-0.2, 0) is 0 Å². The lowest BCUT2D eigenvalue weighted by molar-refractivity contribution is 0.0754. The average Bonchev–Trinajstić information content (AvgIpc) is 2.96. The molecule has 1 fully saturated rings. The van der Waals surface area contributed by atoms with Gasteiger partial charge in [0.25, 0.3) is 5.91 Å². The number of thiophene rings is 1. The summed E-state index contributed by atoms with van der Waals surface area (Å²) in [4.78, 5) is 14.8. The molecule has 1 aromatic heterocycles. The largest absolute Gasteiger partial charge is 0.496 e. The molecule has 1 saturated heterocycles. The van der Waals surface area contributed by atoms with Crippen LogP contribution in [0.1, 0.15) is 22.5 Å². The van der Waals surface area contributed by atoms with Crippen molar-refractivity contribution < 1.29 is 9.53 Å². The predicted molar refractivity (Wildman–Crippen MR) is 65.6 cm³/mol. The van der Waals surface area contributed by atoms with E-state index in [0.717, 1.165) is 30.0 Å². The van der Waals surface area contributed by atoms with Gasteiger partial charge in [0.2, 0.25) is 0 Å². The highest BCUT2D eigenvalue weighted by molar-refractivity contribution is 7.12. The monoisotopic (exact) mass is 259 g/mol. The second kappa shape index (κ2) is 5.06. The lowest BCUT2D eigenvalue weighted by Crippen LogP contribution is -2.36. The maximum absolute atomic E-state index is 12.2. The number of carbonyl (C=O) groups excluding carboxylic acids is 1. The van der Waals surface area contributed by atoms with Crippen molar-refractivity contribution in [3.8, 4) is 5.75 Å². The van der Waals surface area contributed by atoms with E-state index in [1.165, 1.54) is 11.3 Å². The number of ether oxygens (including phenoxy) is 1. The maximum Gasteiger partial charge on any atom is 0.264 e. The zero-order valence-electron chi connectivity index (χ0n) is 9.11. The minimum absolute atomic E-state index is 0.0800. The Morgan fingerprint density at radius 1 is 1.75 bits per heavy atom. The Kier molecular flexibility index (Phi) is 3.71. The van der Waals surface area contributed by atoms with Gasteiger partial charge < -0.3 is 9.64 Å². The first-order valence-corrected chi connectivity index (χ1v) is 6.67. The van der Waals surface area contributed by atoms with Crippen molar-refractivity contribution in [3.05, 3.63) is 16.3 Å². The van der Waals surface area contributed by atoms with E-state index in [0.29, 0.717) is 5.88 Å². The van der Waals surface area contributed by atoms with Crippen LogP contribution in [0.5, 0.6) is 5.75 Å². The molecular formula is C11H14ClNO2S. The van der Waals surface area contributed by atoms with E-state index >= 15 is 0 Å². The van der Waals surface area contributed by atoms with Crippen LogP contribution in [0.25, 0.3) is 0 Å². The Labute approximate surface area is 104 Å². The first-order chi connectivity index (χ1) is 7.76. The first-order valence-electron chi connectivity index (χ1n) is 5.25. The van der Waals surface area contributed by atoms with Crippen molar-refractivity contribution in [2.75, 3.05) is 19.5 Å². The zero-order valence-corrected chi connectivity index (χ0v) is 10.7. The van der Waals surface area contributed by atoms with Gasteiger partial charge in [0.05, 0.1) is 12.0 Å². The maximum atomic E-state index is 12.2. The molecule has 0 bridgehead atoms. The first kappa shape index (κ1) is 11.7. The smallest absolute Gasteiger partial charge is 0.264 e. The molecular weight excluding hydrogens is 246 g/mol. The van der Waals surface area contributed by atoms with Gasteiger partial charge in [-0.1, -0.05) is 0 Å². The van der Waals surface area contributed by atoms with E-state index in [2.05, 4.69) is 0 Å². The Balaban J connectivity index is 2.12. The molecule has 1 unspecified atom stereocenters. The number of amides is 1. The van der Waals surface area contributed by atoms with Crippen LogP contribution in [0.4, 0.5) is 0 Å². The third-order valence-electron chi connectivity index (χ3n) is 2.84. The second-order valence-electron chi connectivity index (χ2n) is 3.80. The predicted octanol–water partition coefficient (Wildman–Crippen LogP) is 2.60. The topological polar surface area (TPSA) is 29.5 Å². The highest BCUT2D eigenvalue weighted by atomic mass is 35.5. The molecule has 0 aliphatic carbocycles. The summed E-state index contributed by atoms with van der Waals surface area (Å²) in [6.07, 6.45) is 2.06. The van der Waals surface area contributed by atoms with E-state index in [-0.39, 0.29) is 11.9 Å². The molecule has 0 saturated carbocycles. The van der Waals surface area contributed by atoms with Gasteiger partial charge in [-0.2, -0.15) is 0 Å². The third kappa shape index (κ3) is 2.18. The van der Waals surface area contributed by atoms with E-state index in [1.54, 1.807) is 13.2 Å². The molecule has 16 heavy (non-hydrogen) atoms. The summed E-state index contributed by atoms with van der Waals surface area (Å²) in [7, 11) is 1.60. The van der Waals surface area contributed by atoms with Crippen LogP contribution in [0, 0.1) is 0 Å². The van der Waals surface area contributed by atoms with Crippen LogP contribution in [0.15, 0.2) is 11.4 Å². The minimum Gasteiger partial charge on any atom is -0.496 e. The van der Waals surface area contributed by atoms with Crippen molar-refractivity contribution in [1.82, 2.24) is 4.90 Å². The molecule has 1 atom stereocenters. The molecule has 1 aliphatic rings. The van der Waals surface area contributed by atoms with Gasteiger partial charge in [-0.15, -0.1) is 22.9 Å². The molecule has 1 aromatic rings. The quantitative estimate of drug-likeness (QED) is 0.781. The van der Waals surface area contributed by atoms with Crippen LogP contribution in [0.3, 0.4) is 0 Å². The fourth-order valence-corrected chi connectivity index (χ4v) is 3.07. The van der Waals surface area contributed by atoms with Crippen LogP contribution in [-0.4, -0.2) is 36.4 Å². The van der Waals surface area contributed by atoms with Gasteiger partial charge in [0.1, 0.15) is 5.75 Å². The van der Waals surface area contributed by atoms with Gasteiger partial charge in [0, 0.05) is 29.9 Å². The minimum atomic E-state index is 0.0800. The number of carbonyl (C=O) groups is 1. The van der Waals surface area contributed by atoms with Gasteiger partial charge in [-0.3, -0.25) is 4.79 Å². The van der Waals surface area contributed by atoms with Crippen LogP contribution >= 0.6 is 22.9 Å². The highest BCUT2D eigenvalue weighted by Crippen LogP contribution is 2.26. The molecule has 0 aromatic carbocycles. The Morgan fingerprint density at radius 2 is 2.56 bits per heavy atom. The lowest BCUT2D eigenvalue weighted by Gasteiger charge is -2.21. The lowest BCUT2D eigenvalue weighted by atomic mass is 10.2. The highest BCUT2D eigenvalue weighted by Gasteiger charge is 2.29. The SMILES string of the molecule is COc1csc(C(=O)N2CCCC2CCl)c1. The number of likely N-dealkylation sites (tertiary alicyclic amines) is 1. The molecule has 2 heterocycles. The second-order valence-corrected chi connectivity index (χ2v) is 5.02. The summed E-state index contributed by atoms with van der Waals surface area (Å²) in [5, 5.41) is 1.85. The standard InChI is InChI=1S/C11H14ClNO2S/c1-15-9-5-10(16-7-9)11(14)13-4-2-3-8(13)6-12/h5,7-8H,2-4,6H2,1H3. The number of methoxy groups -OCH3 is 1. The van der Waals surface area contributed by atoms with Crippen molar-refractivity contribution in [2.45, 2.75) is 18.9 Å². The van der Waals surface area contributed by atoms with Crippen molar-refractivity contribution in [2.24, 2.45) is 0 Å². The Bertz CT molecular complexity index is 380. The summed E-state index contributed by atoms with van der Waals surface area (Å²) >= 11 is 7.27. The summed E-state index contributed by atoms with van der Waals surface area (Å²) in [5.41, 5.74) is 0. The Morgan fingerprint density at radius 3 is 3.19 bits per heavy atom. The number of hydrogen-bond acceptors (Lipinski definition) is 3. The summed E-state index contributed by atoms with van der Waals surface area (Å²) in [6, 6.07) is 1.98. The molecule has 88 valence electrons. The fraction of sp³-hybridized carbons (Fsp3) is 0.545. The molecule has 2 rings (SSSR count). The molecule has 1 amide bonds. The van der Waals surface area contributed by atoms with Gasteiger partial charge in [-0.25, -0.2) is 0 Å². The number of rotatable bonds is 3. The van der Waals surface area contributed by atoms with Crippen molar-refractivity contribution in [1.29, 1.82) is 0 Å². The number of nitrogens with zero attached hydrogens (tertiary/aromatic N) is 1. The molecule has 3 nitrogen and oxygen atoms in total. The third-order valence-corrected chi connectivity index (χ3v) is 4.09. The van der Waals surface area contributed by atoms with E-state index in [1.807, 2.05) is 10.3 Å². The fourth-order valence-electron chi connectivity index (χ4n) is 1.94. The molecule has 1 aliphatic heterocycles. The van der Waals surface area contributed by atoms with Crippen molar-refractivity contribution >= 4 is 28.8 Å². The number of alkyl halides is 1. The molecule has 0 spiro atoms. The summed E-state index contributed by atoms with van der Waals surface area (Å²) in [5.74, 6) is 1.35. The average molecular weight is 260 g/mol. The normalized spacial score (nSPS) is 20.1. The molecule has 5 heteroatoms. The van der Waals surface area contributed by atoms with Gasteiger partial charge >= 0.3 is 0 Å². The summed E-state index contributed by atoms with van der Waals surface area (Å²) < 4.78 is 5.07. The summed E-state index contributed by atoms with van der Waals surface area (Å²) in [6.45, 7) is 0.816. The Hall–Kier alpha value is -0.740. The van der Waals surface area contributed by atoms with Gasteiger partial charge in [-0.05, 0) is 12.8 Å². The van der Waals surface area contributed by atoms with Gasteiger partial charge in [0.15, 0.2) is 0 Å². The number of hydrogen-bond donors (Lipinski definition) is 0. The van der Waals surface area contributed by atoms with E-state index in [4.69, 9.17) is 16.3 Å². The molecule has 0 N–H and O–H groups in total. The molecule has 0 radical (unpaired) electrons. The van der Waals surface area contributed by atoms with E-state index in [9.17, 15) is 4.79 Å². The van der Waals surface area contributed by atoms with Crippen LogP contribution < -0.4 is 4.74 Å². The van der Waals surface area contributed by atoms with Crippen molar-refractivity contribution in [3.63, 3.8) is 0 Å². The number of halogens is 1. The zero-order chi connectivity index (χ0) is 11.5.